The van der Waals surface area contributed by atoms with Crippen molar-refractivity contribution in [3.05, 3.63) is 47.4 Å². The molecule has 0 spiro atoms. The highest BCUT2D eigenvalue weighted by atomic mass is 32.2. The first kappa shape index (κ1) is 25.8. The van der Waals surface area contributed by atoms with E-state index in [-0.39, 0.29) is 10.4 Å². The minimum absolute atomic E-state index is 0.125. The van der Waals surface area contributed by atoms with Crippen molar-refractivity contribution in [1.82, 2.24) is 9.88 Å². The van der Waals surface area contributed by atoms with Crippen molar-refractivity contribution in [1.29, 1.82) is 0 Å². The van der Waals surface area contributed by atoms with Crippen molar-refractivity contribution in [2.45, 2.75) is 51.0 Å². The number of alkyl halides is 3. The summed E-state index contributed by atoms with van der Waals surface area (Å²) in [5, 5.41) is 1.01. The molecule has 1 atom stereocenters. The Balaban J connectivity index is 1.17. The van der Waals surface area contributed by atoms with Crippen LogP contribution in [0.1, 0.15) is 45.1 Å². The second kappa shape index (κ2) is 11.2. The highest BCUT2D eigenvalue weighted by molar-refractivity contribution is 8.15. The Morgan fingerprint density at radius 1 is 1.09 bits per heavy atom. The monoisotopic (exact) mass is 507 g/mol. The molecule has 1 aromatic carbocycles. The van der Waals surface area contributed by atoms with Gasteiger partial charge in [-0.3, -0.25) is 14.7 Å². The van der Waals surface area contributed by atoms with Gasteiger partial charge in [-0.05, 0) is 51.4 Å². The first-order valence-corrected chi connectivity index (χ1v) is 13.1. The van der Waals surface area contributed by atoms with E-state index in [1.54, 1.807) is 12.3 Å². The van der Waals surface area contributed by atoms with Crippen molar-refractivity contribution in [3.8, 4) is 0 Å². The number of hydrogen-bond acceptors (Lipinski definition) is 6. The Morgan fingerprint density at radius 3 is 2.51 bits per heavy atom. The first-order chi connectivity index (χ1) is 16.7. The Bertz CT molecular complexity index is 1080. The van der Waals surface area contributed by atoms with Gasteiger partial charge in [0.2, 0.25) is 5.12 Å². The fourth-order valence-corrected chi connectivity index (χ4v) is 5.65. The van der Waals surface area contributed by atoms with Crippen LogP contribution in [0.3, 0.4) is 0 Å². The quantitative estimate of drug-likeness (QED) is 0.395. The number of unbranched alkanes of at least 4 members (excludes halogenated alkanes) is 3. The maximum atomic E-state index is 13.0. The van der Waals surface area contributed by atoms with Crippen LogP contribution in [-0.2, 0) is 15.7 Å². The van der Waals surface area contributed by atoms with Gasteiger partial charge in [-0.25, -0.2) is 0 Å². The third-order valence-electron chi connectivity index (χ3n) is 6.72. The van der Waals surface area contributed by atoms with Gasteiger partial charge in [-0.15, -0.1) is 0 Å². The summed E-state index contributed by atoms with van der Waals surface area (Å²) in [6, 6.07) is 5.70. The second-order valence-electron chi connectivity index (χ2n) is 9.19. The Hall–Kier alpha value is -2.26. The third kappa shape index (κ3) is 6.30. The van der Waals surface area contributed by atoms with Crippen LogP contribution < -0.4 is 4.90 Å². The molecule has 0 saturated carbocycles. The molecule has 2 aromatic rings. The van der Waals surface area contributed by atoms with Crippen LogP contribution in [0.25, 0.3) is 10.9 Å². The summed E-state index contributed by atoms with van der Waals surface area (Å²) in [4.78, 5) is 20.6. The molecule has 1 aromatic heterocycles. The molecule has 3 heterocycles. The van der Waals surface area contributed by atoms with E-state index >= 15 is 0 Å². The maximum absolute atomic E-state index is 13.0. The molecule has 0 amide bonds. The SMILES string of the molecule is CC1=C(OCCCCCCN2CCN(c3ccnc4cc(C(F)(F)F)ccc34)CC2)C(C)SC1=O. The topological polar surface area (TPSA) is 45.7 Å². The highest BCUT2D eigenvalue weighted by Gasteiger charge is 2.31. The highest BCUT2D eigenvalue weighted by Crippen LogP contribution is 2.35. The molecule has 0 bridgehead atoms. The van der Waals surface area contributed by atoms with Crippen molar-refractivity contribution >= 4 is 33.5 Å². The Labute approximate surface area is 208 Å². The predicted octanol–water partition coefficient (Wildman–Crippen LogP) is 5.89. The fraction of sp³-hybridized carbons (Fsp3) is 0.538. The standard InChI is InChI=1S/C26H32F3N3O2S/c1-18-24(19(2)35-25(18)33)34-16-6-4-3-5-11-31-12-14-32(15-13-31)23-9-10-30-22-17-20(26(27,28)29)7-8-21(22)23/h7-10,17,19H,3-6,11-16H2,1-2H3. The number of benzene rings is 1. The van der Waals surface area contributed by atoms with E-state index in [1.807, 2.05) is 19.9 Å². The summed E-state index contributed by atoms with van der Waals surface area (Å²) in [7, 11) is 0. The van der Waals surface area contributed by atoms with E-state index in [1.165, 1.54) is 11.8 Å². The van der Waals surface area contributed by atoms with Crippen LogP contribution in [0.4, 0.5) is 18.9 Å². The Morgan fingerprint density at radius 2 is 1.83 bits per heavy atom. The van der Waals surface area contributed by atoms with E-state index in [0.717, 1.165) is 92.9 Å². The van der Waals surface area contributed by atoms with Gasteiger partial charge in [-0.1, -0.05) is 30.7 Å². The van der Waals surface area contributed by atoms with Crippen LogP contribution in [0.15, 0.2) is 41.8 Å². The number of nitrogens with zero attached hydrogens (tertiary/aromatic N) is 3. The summed E-state index contributed by atoms with van der Waals surface area (Å²) < 4.78 is 45.0. The molecule has 1 fully saturated rings. The molecule has 1 unspecified atom stereocenters. The molecule has 0 radical (unpaired) electrons. The normalized spacial score (nSPS) is 19.7. The molecular weight excluding hydrogens is 475 g/mol. The van der Waals surface area contributed by atoms with E-state index in [4.69, 9.17) is 4.74 Å². The number of hydrogen-bond donors (Lipinski definition) is 0. The molecule has 35 heavy (non-hydrogen) atoms. The summed E-state index contributed by atoms with van der Waals surface area (Å²) >= 11 is 1.33. The average Bonchev–Trinajstić information content (AvgIpc) is 3.08. The summed E-state index contributed by atoms with van der Waals surface area (Å²) in [6.45, 7) is 9.12. The number of piperazine rings is 1. The lowest BCUT2D eigenvalue weighted by Crippen LogP contribution is -2.46. The van der Waals surface area contributed by atoms with Crippen molar-refractivity contribution < 1.29 is 22.7 Å². The van der Waals surface area contributed by atoms with Crippen LogP contribution in [0.2, 0.25) is 0 Å². The molecule has 2 aliphatic rings. The fourth-order valence-electron chi connectivity index (χ4n) is 4.70. The molecule has 9 heteroatoms. The van der Waals surface area contributed by atoms with Crippen LogP contribution in [-0.4, -0.2) is 59.6 Å². The van der Waals surface area contributed by atoms with Crippen molar-refractivity contribution in [2.24, 2.45) is 0 Å². The van der Waals surface area contributed by atoms with E-state index in [2.05, 4.69) is 14.8 Å². The average molecular weight is 508 g/mol. The number of halogens is 3. The third-order valence-corrected chi connectivity index (χ3v) is 7.80. The summed E-state index contributed by atoms with van der Waals surface area (Å²) in [6.07, 6.45) is 1.59. The molecule has 0 N–H and O–H groups in total. The molecule has 0 aliphatic carbocycles. The number of carbonyl (C=O) groups excluding carboxylic acids is 1. The largest absolute Gasteiger partial charge is 0.496 e. The first-order valence-electron chi connectivity index (χ1n) is 12.2. The van der Waals surface area contributed by atoms with Gasteiger partial charge < -0.3 is 9.64 Å². The van der Waals surface area contributed by atoms with Crippen molar-refractivity contribution in [3.63, 3.8) is 0 Å². The van der Waals surface area contributed by atoms with E-state index in [0.29, 0.717) is 12.1 Å². The summed E-state index contributed by atoms with van der Waals surface area (Å²) in [5.74, 6) is 0.848. The van der Waals surface area contributed by atoms with Gasteiger partial charge in [0.1, 0.15) is 5.76 Å². The van der Waals surface area contributed by atoms with Gasteiger partial charge >= 0.3 is 6.18 Å². The number of rotatable bonds is 9. The van der Waals surface area contributed by atoms with E-state index < -0.39 is 11.7 Å². The number of thioether (sulfide) groups is 1. The molecular formula is C26H32F3N3O2S. The van der Waals surface area contributed by atoms with Crippen molar-refractivity contribution in [2.75, 3.05) is 44.2 Å². The van der Waals surface area contributed by atoms with Gasteiger partial charge in [0, 0.05) is 49.0 Å². The number of aromatic nitrogens is 1. The van der Waals surface area contributed by atoms with Gasteiger partial charge in [0.25, 0.3) is 0 Å². The number of fused-ring (bicyclic) bond motifs is 1. The van der Waals surface area contributed by atoms with Crippen LogP contribution in [0, 0.1) is 0 Å². The number of anilines is 1. The molecule has 4 rings (SSSR count). The Kier molecular flexibility index (Phi) is 8.27. The lowest BCUT2D eigenvalue weighted by atomic mass is 10.1. The van der Waals surface area contributed by atoms with E-state index in [9.17, 15) is 18.0 Å². The summed E-state index contributed by atoms with van der Waals surface area (Å²) in [5.41, 5.74) is 1.42. The zero-order valence-electron chi connectivity index (χ0n) is 20.2. The molecule has 1 saturated heterocycles. The number of ether oxygens (including phenoxy) is 1. The van der Waals surface area contributed by atoms with Gasteiger partial charge in [-0.2, -0.15) is 13.2 Å². The van der Waals surface area contributed by atoms with Crippen LogP contribution in [0.5, 0.6) is 0 Å². The maximum Gasteiger partial charge on any atom is 0.416 e. The second-order valence-corrected chi connectivity index (χ2v) is 10.5. The number of carbonyl (C=O) groups is 1. The molecule has 5 nitrogen and oxygen atoms in total. The van der Waals surface area contributed by atoms with Gasteiger partial charge in [0.15, 0.2) is 0 Å². The molecule has 2 aliphatic heterocycles. The van der Waals surface area contributed by atoms with Gasteiger partial charge in [0.05, 0.1) is 22.9 Å². The predicted molar refractivity (Wildman–Crippen MR) is 135 cm³/mol. The minimum Gasteiger partial charge on any atom is -0.496 e. The molecule has 190 valence electrons. The minimum atomic E-state index is -4.37. The lowest BCUT2D eigenvalue weighted by Gasteiger charge is -2.36. The lowest BCUT2D eigenvalue weighted by molar-refractivity contribution is -0.137. The zero-order valence-corrected chi connectivity index (χ0v) is 21.1. The number of pyridine rings is 1. The smallest absolute Gasteiger partial charge is 0.416 e. The zero-order chi connectivity index (χ0) is 25.0. The van der Waals surface area contributed by atoms with Crippen LogP contribution >= 0.6 is 11.8 Å².